The molecule has 10 heteroatoms. The molecule has 0 bridgehead atoms. The van der Waals surface area contributed by atoms with Crippen molar-refractivity contribution in [2.45, 2.75) is 26.1 Å². The monoisotopic (exact) mass is 365 g/mol. The molecule has 2 heterocycles. The Bertz CT molecular complexity index is 899. The summed E-state index contributed by atoms with van der Waals surface area (Å²) in [6.45, 7) is 2.13. The van der Waals surface area contributed by atoms with Gasteiger partial charge in [0.2, 0.25) is 11.7 Å². The highest BCUT2D eigenvalue weighted by Crippen LogP contribution is 2.29. The summed E-state index contributed by atoms with van der Waals surface area (Å²) in [7, 11) is 0. The summed E-state index contributed by atoms with van der Waals surface area (Å²) in [6, 6.07) is 6.47. The molecule has 0 radical (unpaired) electrons. The average Bonchev–Trinajstić information content (AvgIpc) is 3.29. The molecule has 1 aromatic carbocycles. The van der Waals surface area contributed by atoms with E-state index in [9.17, 15) is 18.0 Å². The Kier molecular flexibility index (Phi) is 4.74. The largest absolute Gasteiger partial charge is 0.471 e. The minimum absolute atomic E-state index is 0.0551. The zero-order valence-corrected chi connectivity index (χ0v) is 13.6. The number of rotatable bonds is 5. The standard InChI is InChI=1S/C16H14F3N5O2/c1-2-13(25)20-7-10-8-21-24(9-10)12-5-3-11(4-6-12)14-22-15(26-23-14)16(17,18)19/h3-6,8-9H,2,7H2,1H3,(H,20,25). The lowest BCUT2D eigenvalue weighted by Gasteiger charge is -2.02. The Morgan fingerprint density at radius 1 is 1.27 bits per heavy atom. The molecule has 136 valence electrons. The van der Waals surface area contributed by atoms with Gasteiger partial charge in [0.25, 0.3) is 0 Å². The number of alkyl halides is 3. The second-order valence-electron chi connectivity index (χ2n) is 5.39. The average molecular weight is 365 g/mol. The van der Waals surface area contributed by atoms with Crippen molar-refractivity contribution in [3.8, 4) is 17.1 Å². The molecule has 2 aromatic heterocycles. The molecule has 0 saturated carbocycles. The van der Waals surface area contributed by atoms with Crippen molar-refractivity contribution in [1.29, 1.82) is 0 Å². The van der Waals surface area contributed by atoms with Crippen LogP contribution in [0.3, 0.4) is 0 Å². The molecule has 0 saturated heterocycles. The summed E-state index contributed by atoms with van der Waals surface area (Å²) in [5.41, 5.74) is 1.90. The number of carbonyl (C=O) groups excluding carboxylic acids is 1. The number of hydrogen-bond acceptors (Lipinski definition) is 5. The van der Waals surface area contributed by atoms with Gasteiger partial charge in [-0.05, 0) is 24.3 Å². The van der Waals surface area contributed by atoms with Gasteiger partial charge in [0.1, 0.15) is 0 Å². The van der Waals surface area contributed by atoms with Crippen molar-refractivity contribution in [2.24, 2.45) is 0 Å². The van der Waals surface area contributed by atoms with Gasteiger partial charge in [0.15, 0.2) is 0 Å². The maximum Gasteiger partial charge on any atom is 0.471 e. The summed E-state index contributed by atoms with van der Waals surface area (Å²) in [6.07, 6.45) is -0.898. The van der Waals surface area contributed by atoms with Crippen LogP contribution in [0.1, 0.15) is 24.8 Å². The van der Waals surface area contributed by atoms with Crippen LogP contribution in [0.25, 0.3) is 17.1 Å². The van der Waals surface area contributed by atoms with E-state index < -0.39 is 12.1 Å². The minimum Gasteiger partial charge on any atom is -0.352 e. The number of nitrogens with one attached hydrogen (secondary N) is 1. The number of benzene rings is 1. The molecule has 0 fully saturated rings. The first-order valence-corrected chi connectivity index (χ1v) is 7.69. The van der Waals surface area contributed by atoms with Crippen molar-refractivity contribution >= 4 is 5.91 Å². The summed E-state index contributed by atoms with van der Waals surface area (Å²) in [5, 5.41) is 10.3. The molecule has 0 spiro atoms. The van der Waals surface area contributed by atoms with E-state index in [1.807, 2.05) is 0 Å². The highest BCUT2D eigenvalue weighted by molar-refractivity contribution is 5.75. The summed E-state index contributed by atoms with van der Waals surface area (Å²) in [5.74, 6) is -1.59. The SMILES string of the molecule is CCC(=O)NCc1cnn(-c2ccc(-c3noc(C(F)(F)F)n3)cc2)c1. The Balaban J connectivity index is 1.73. The van der Waals surface area contributed by atoms with Crippen molar-refractivity contribution in [3.63, 3.8) is 0 Å². The number of hydrogen-bond donors (Lipinski definition) is 1. The summed E-state index contributed by atoms with van der Waals surface area (Å²) in [4.78, 5) is 14.6. The third kappa shape index (κ3) is 3.90. The van der Waals surface area contributed by atoms with Gasteiger partial charge >= 0.3 is 12.1 Å². The van der Waals surface area contributed by atoms with Crippen LogP contribution in [0.2, 0.25) is 0 Å². The van der Waals surface area contributed by atoms with E-state index >= 15 is 0 Å². The van der Waals surface area contributed by atoms with E-state index in [2.05, 4.69) is 25.1 Å². The zero-order valence-electron chi connectivity index (χ0n) is 13.6. The van der Waals surface area contributed by atoms with Gasteiger partial charge in [-0.3, -0.25) is 4.79 Å². The number of carbonyl (C=O) groups is 1. The first-order valence-electron chi connectivity index (χ1n) is 7.69. The molecule has 7 nitrogen and oxygen atoms in total. The number of amides is 1. The molecule has 0 unspecified atom stereocenters. The lowest BCUT2D eigenvalue weighted by atomic mass is 10.2. The van der Waals surface area contributed by atoms with Gasteiger partial charge in [-0.2, -0.15) is 23.3 Å². The van der Waals surface area contributed by atoms with E-state index in [0.717, 1.165) is 5.56 Å². The molecule has 0 aliphatic rings. The van der Waals surface area contributed by atoms with Gasteiger partial charge < -0.3 is 9.84 Å². The molecule has 3 aromatic rings. The fourth-order valence-corrected chi connectivity index (χ4v) is 2.14. The first kappa shape index (κ1) is 17.6. The fourth-order valence-electron chi connectivity index (χ4n) is 2.14. The molecule has 0 aliphatic heterocycles. The third-order valence-electron chi connectivity index (χ3n) is 3.51. The topological polar surface area (TPSA) is 85.8 Å². The van der Waals surface area contributed by atoms with Gasteiger partial charge in [0, 0.05) is 30.3 Å². The Hall–Kier alpha value is -3.17. The van der Waals surface area contributed by atoms with Gasteiger partial charge in [-0.1, -0.05) is 12.1 Å². The highest BCUT2D eigenvalue weighted by atomic mass is 19.4. The van der Waals surface area contributed by atoms with E-state index in [1.54, 1.807) is 48.3 Å². The van der Waals surface area contributed by atoms with Crippen LogP contribution in [0, 0.1) is 0 Å². The molecular formula is C16H14F3N5O2. The van der Waals surface area contributed by atoms with Gasteiger partial charge in [-0.25, -0.2) is 4.68 Å². The number of nitrogens with zero attached hydrogens (tertiary/aromatic N) is 4. The van der Waals surface area contributed by atoms with Crippen LogP contribution in [-0.4, -0.2) is 25.8 Å². The van der Waals surface area contributed by atoms with Gasteiger partial charge in [-0.15, -0.1) is 0 Å². The highest BCUT2D eigenvalue weighted by Gasteiger charge is 2.38. The van der Waals surface area contributed by atoms with Crippen molar-refractivity contribution in [2.75, 3.05) is 0 Å². The predicted octanol–water partition coefficient (Wildman–Crippen LogP) is 2.97. The van der Waals surface area contributed by atoms with Crippen LogP contribution in [0.5, 0.6) is 0 Å². The lowest BCUT2D eigenvalue weighted by molar-refractivity contribution is -0.159. The summed E-state index contributed by atoms with van der Waals surface area (Å²) < 4.78 is 43.3. The first-order chi connectivity index (χ1) is 12.4. The van der Waals surface area contributed by atoms with E-state index in [1.165, 1.54) is 0 Å². The molecule has 0 atom stereocenters. The Labute approximate surface area is 145 Å². The number of aromatic nitrogens is 4. The van der Waals surface area contributed by atoms with Crippen molar-refractivity contribution in [1.82, 2.24) is 25.2 Å². The fraction of sp³-hybridized carbons (Fsp3) is 0.250. The van der Waals surface area contributed by atoms with Crippen molar-refractivity contribution in [3.05, 3.63) is 48.1 Å². The number of halogens is 3. The van der Waals surface area contributed by atoms with Gasteiger partial charge in [0.05, 0.1) is 11.9 Å². The molecule has 3 rings (SSSR count). The second kappa shape index (κ2) is 6.98. The quantitative estimate of drug-likeness (QED) is 0.751. The molecule has 0 aliphatic carbocycles. The smallest absolute Gasteiger partial charge is 0.352 e. The van der Waals surface area contributed by atoms with Crippen LogP contribution in [0.15, 0.2) is 41.2 Å². The molecular weight excluding hydrogens is 351 g/mol. The van der Waals surface area contributed by atoms with E-state index in [-0.39, 0.29) is 11.7 Å². The normalized spacial score (nSPS) is 11.5. The lowest BCUT2D eigenvalue weighted by Crippen LogP contribution is -2.21. The van der Waals surface area contributed by atoms with Crippen LogP contribution < -0.4 is 5.32 Å². The minimum atomic E-state index is -4.68. The molecule has 1 amide bonds. The van der Waals surface area contributed by atoms with Crippen molar-refractivity contribution < 1.29 is 22.5 Å². The van der Waals surface area contributed by atoms with E-state index in [4.69, 9.17) is 0 Å². The third-order valence-corrected chi connectivity index (χ3v) is 3.51. The van der Waals surface area contributed by atoms with E-state index in [0.29, 0.717) is 24.2 Å². The zero-order chi connectivity index (χ0) is 18.7. The maximum atomic E-state index is 12.5. The molecule has 1 N–H and O–H groups in total. The second-order valence-corrected chi connectivity index (χ2v) is 5.39. The van der Waals surface area contributed by atoms with Crippen LogP contribution in [0.4, 0.5) is 13.2 Å². The van der Waals surface area contributed by atoms with Crippen LogP contribution >= 0.6 is 0 Å². The summed E-state index contributed by atoms with van der Waals surface area (Å²) >= 11 is 0. The maximum absolute atomic E-state index is 12.5. The molecule has 26 heavy (non-hydrogen) atoms. The van der Waals surface area contributed by atoms with Crippen LogP contribution in [-0.2, 0) is 17.5 Å². The Morgan fingerprint density at radius 2 is 2.00 bits per heavy atom. The predicted molar refractivity (Wildman–Crippen MR) is 84.0 cm³/mol. The Morgan fingerprint density at radius 3 is 2.62 bits per heavy atom.